The van der Waals surface area contributed by atoms with Crippen molar-refractivity contribution in [2.45, 2.75) is 13.2 Å². The highest BCUT2D eigenvalue weighted by molar-refractivity contribution is 9.10. The molecule has 5 nitrogen and oxygen atoms in total. The van der Waals surface area contributed by atoms with Crippen LogP contribution in [0.1, 0.15) is 21.5 Å². The van der Waals surface area contributed by atoms with Gasteiger partial charge < -0.3 is 19.9 Å². The molecule has 0 saturated heterocycles. The van der Waals surface area contributed by atoms with E-state index in [4.69, 9.17) is 14.6 Å². The largest absolute Gasteiger partial charge is 0.493 e. The second kappa shape index (κ2) is 9.28. The van der Waals surface area contributed by atoms with Gasteiger partial charge in [0.05, 0.1) is 12.7 Å². The molecule has 28 heavy (non-hydrogen) atoms. The van der Waals surface area contributed by atoms with Crippen molar-refractivity contribution < 1.29 is 19.4 Å². The minimum atomic E-state index is -0.946. The molecule has 3 aromatic carbocycles. The molecule has 0 aliphatic carbocycles. The van der Waals surface area contributed by atoms with Gasteiger partial charge in [-0.1, -0.05) is 46.3 Å². The van der Waals surface area contributed by atoms with E-state index in [-0.39, 0.29) is 5.56 Å². The zero-order chi connectivity index (χ0) is 19.9. The Morgan fingerprint density at radius 1 is 1.04 bits per heavy atom. The van der Waals surface area contributed by atoms with Gasteiger partial charge in [-0.2, -0.15) is 0 Å². The Hall–Kier alpha value is -2.99. The van der Waals surface area contributed by atoms with Crippen molar-refractivity contribution in [3.63, 3.8) is 0 Å². The monoisotopic (exact) mass is 441 g/mol. The first kappa shape index (κ1) is 19.8. The first-order valence-electron chi connectivity index (χ1n) is 8.68. The van der Waals surface area contributed by atoms with Crippen molar-refractivity contribution in [3.05, 3.63) is 87.9 Å². The standard InChI is InChI=1S/C22H20BrNO4/c1-27-20-12-11-19(23)18(21(20)28-14-15-5-3-2-4-6-15)13-24-17-9-7-16(8-10-17)22(25)26/h2-12,24H,13-14H2,1H3,(H,25,26). The molecule has 6 heteroatoms. The van der Waals surface area contributed by atoms with Crippen LogP contribution in [0.2, 0.25) is 0 Å². The summed E-state index contributed by atoms with van der Waals surface area (Å²) in [6.45, 7) is 0.905. The van der Waals surface area contributed by atoms with E-state index in [1.54, 1.807) is 31.4 Å². The van der Waals surface area contributed by atoms with Gasteiger partial charge in [-0.3, -0.25) is 0 Å². The normalized spacial score (nSPS) is 10.4. The highest BCUT2D eigenvalue weighted by Crippen LogP contribution is 2.37. The van der Waals surface area contributed by atoms with E-state index in [9.17, 15) is 4.79 Å². The molecule has 2 N–H and O–H groups in total. The molecular weight excluding hydrogens is 422 g/mol. The topological polar surface area (TPSA) is 67.8 Å². The summed E-state index contributed by atoms with van der Waals surface area (Å²) in [6, 6.07) is 20.3. The minimum Gasteiger partial charge on any atom is -0.493 e. The number of methoxy groups -OCH3 is 1. The van der Waals surface area contributed by atoms with Crippen LogP contribution in [0.3, 0.4) is 0 Å². The van der Waals surface area contributed by atoms with E-state index < -0.39 is 5.97 Å². The van der Waals surface area contributed by atoms with E-state index in [2.05, 4.69) is 21.2 Å². The summed E-state index contributed by atoms with van der Waals surface area (Å²) < 4.78 is 12.5. The van der Waals surface area contributed by atoms with Crippen molar-refractivity contribution in [1.82, 2.24) is 0 Å². The average Bonchev–Trinajstić information content (AvgIpc) is 2.72. The molecule has 144 valence electrons. The zero-order valence-corrected chi connectivity index (χ0v) is 16.9. The molecule has 0 heterocycles. The summed E-state index contributed by atoms with van der Waals surface area (Å²) in [7, 11) is 1.61. The maximum Gasteiger partial charge on any atom is 0.335 e. The number of anilines is 1. The molecule has 0 saturated carbocycles. The third-order valence-corrected chi connectivity index (χ3v) is 4.96. The second-order valence-corrected chi connectivity index (χ2v) is 6.92. The van der Waals surface area contributed by atoms with Gasteiger partial charge in [0.15, 0.2) is 11.5 Å². The SMILES string of the molecule is COc1ccc(Br)c(CNc2ccc(C(=O)O)cc2)c1OCc1ccccc1. The van der Waals surface area contributed by atoms with Crippen molar-refractivity contribution in [3.8, 4) is 11.5 Å². The summed E-state index contributed by atoms with van der Waals surface area (Å²) in [4.78, 5) is 11.0. The van der Waals surface area contributed by atoms with Crippen LogP contribution < -0.4 is 14.8 Å². The number of halogens is 1. The highest BCUT2D eigenvalue weighted by atomic mass is 79.9. The number of rotatable bonds is 8. The molecule has 0 aliphatic heterocycles. The number of carboxylic acids is 1. The third-order valence-electron chi connectivity index (χ3n) is 4.21. The lowest BCUT2D eigenvalue weighted by molar-refractivity contribution is 0.0697. The third kappa shape index (κ3) is 4.84. The molecule has 0 unspecified atom stereocenters. The predicted octanol–water partition coefficient (Wildman–Crippen LogP) is 5.35. The summed E-state index contributed by atoms with van der Waals surface area (Å²) in [6.07, 6.45) is 0. The maximum atomic E-state index is 11.0. The number of hydrogen-bond acceptors (Lipinski definition) is 4. The lowest BCUT2D eigenvalue weighted by Gasteiger charge is -2.17. The van der Waals surface area contributed by atoms with Crippen LogP contribution in [0.5, 0.6) is 11.5 Å². The van der Waals surface area contributed by atoms with Gasteiger partial charge in [0.2, 0.25) is 0 Å². The second-order valence-electron chi connectivity index (χ2n) is 6.07. The fourth-order valence-electron chi connectivity index (χ4n) is 2.72. The Labute approximate surface area is 172 Å². The molecule has 3 aromatic rings. The Morgan fingerprint density at radius 2 is 1.75 bits per heavy atom. The first-order chi connectivity index (χ1) is 13.6. The van der Waals surface area contributed by atoms with Crippen LogP contribution in [-0.2, 0) is 13.2 Å². The van der Waals surface area contributed by atoms with Crippen LogP contribution in [0.4, 0.5) is 5.69 Å². The Balaban J connectivity index is 1.79. The van der Waals surface area contributed by atoms with Crippen LogP contribution >= 0.6 is 15.9 Å². The first-order valence-corrected chi connectivity index (χ1v) is 9.47. The molecule has 0 spiro atoms. The van der Waals surface area contributed by atoms with Crippen molar-refractivity contribution in [2.75, 3.05) is 12.4 Å². The fraction of sp³-hybridized carbons (Fsp3) is 0.136. The summed E-state index contributed by atoms with van der Waals surface area (Å²) in [5.74, 6) is 0.367. The number of aromatic carboxylic acids is 1. The van der Waals surface area contributed by atoms with Gasteiger partial charge in [-0.05, 0) is 42.0 Å². The smallest absolute Gasteiger partial charge is 0.335 e. The van der Waals surface area contributed by atoms with Crippen molar-refractivity contribution in [2.24, 2.45) is 0 Å². The molecular formula is C22H20BrNO4. The number of nitrogens with one attached hydrogen (secondary N) is 1. The minimum absolute atomic E-state index is 0.250. The van der Waals surface area contributed by atoms with Crippen molar-refractivity contribution >= 4 is 27.6 Å². The van der Waals surface area contributed by atoms with Gasteiger partial charge in [-0.25, -0.2) is 4.79 Å². The molecule has 0 bridgehead atoms. The number of carbonyl (C=O) groups is 1. The van der Waals surface area contributed by atoms with E-state index in [0.717, 1.165) is 21.3 Å². The molecule has 0 aliphatic rings. The van der Waals surface area contributed by atoms with E-state index in [0.29, 0.717) is 24.7 Å². The quantitative estimate of drug-likeness (QED) is 0.493. The average molecular weight is 442 g/mol. The number of carboxylic acid groups (broad SMARTS) is 1. The summed E-state index contributed by atoms with van der Waals surface area (Å²) >= 11 is 3.59. The van der Waals surface area contributed by atoms with Crippen LogP contribution in [-0.4, -0.2) is 18.2 Å². The van der Waals surface area contributed by atoms with E-state index in [1.807, 2.05) is 42.5 Å². The zero-order valence-electron chi connectivity index (χ0n) is 15.3. The molecule has 3 rings (SSSR count). The molecule has 0 radical (unpaired) electrons. The van der Waals surface area contributed by atoms with Crippen LogP contribution in [0, 0.1) is 0 Å². The summed E-state index contributed by atoms with van der Waals surface area (Å²) in [5, 5.41) is 12.3. The number of ether oxygens (including phenoxy) is 2. The van der Waals surface area contributed by atoms with Gasteiger partial charge >= 0.3 is 5.97 Å². The van der Waals surface area contributed by atoms with Gasteiger partial charge in [0, 0.05) is 22.3 Å². The number of hydrogen-bond donors (Lipinski definition) is 2. The Morgan fingerprint density at radius 3 is 2.39 bits per heavy atom. The lowest BCUT2D eigenvalue weighted by atomic mass is 10.1. The van der Waals surface area contributed by atoms with Gasteiger partial charge in [-0.15, -0.1) is 0 Å². The Bertz CT molecular complexity index is 943. The fourth-order valence-corrected chi connectivity index (χ4v) is 3.17. The van der Waals surface area contributed by atoms with Crippen LogP contribution in [0.25, 0.3) is 0 Å². The molecule has 0 aromatic heterocycles. The van der Waals surface area contributed by atoms with E-state index >= 15 is 0 Å². The molecule has 0 atom stereocenters. The molecule has 0 fully saturated rings. The maximum absolute atomic E-state index is 11.0. The van der Waals surface area contributed by atoms with Crippen molar-refractivity contribution in [1.29, 1.82) is 0 Å². The van der Waals surface area contributed by atoms with Crippen LogP contribution in [0.15, 0.2) is 71.2 Å². The lowest BCUT2D eigenvalue weighted by Crippen LogP contribution is -2.06. The van der Waals surface area contributed by atoms with E-state index in [1.165, 1.54) is 0 Å². The van der Waals surface area contributed by atoms with Gasteiger partial charge in [0.1, 0.15) is 6.61 Å². The summed E-state index contributed by atoms with van der Waals surface area (Å²) in [5.41, 5.74) is 3.04. The number of benzene rings is 3. The predicted molar refractivity (Wildman–Crippen MR) is 112 cm³/mol. The Kier molecular flexibility index (Phi) is 6.55. The molecule has 0 amide bonds. The van der Waals surface area contributed by atoms with Gasteiger partial charge in [0.25, 0.3) is 0 Å². The highest BCUT2D eigenvalue weighted by Gasteiger charge is 2.15.